The molecule has 0 radical (unpaired) electrons. The van der Waals surface area contributed by atoms with Crippen molar-refractivity contribution in [1.29, 1.82) is 0 Å². The highest BCUT2D eigenvalue weighted by molar-refractivity contribution is 7.91. The zero-order valence-electron chi connectivity index (χ0n) is 11.6. The van der Waals surface area contributed by atoms with Crippen molar-refractivity contribution in [2.75, 3.05) is 19.0 Å². The monoisotopic (exact) mass is 333 g/mol. The van der Waals surface area contributed by atoms with Crippen molar-refractivity contribution < 1.29 is 26.0 Å². The molecule has 3 nitrogen and oxygen atoms in total. The van der Waals surface area contributed by atoms with Gasteiger partial charge in [-0.25, -0.2) is 26.0 Å². The van der Waals surface area contributed by atoms with E-state index in [9.17, 15) is 26.0 Å². The predicted octanol–water partition coefficient (Wildman–Crippen LogP) is 3.14. The van der Waals surface area contributed by atoms with E-state index in [4.69, 9.17) is 0 Å². The maximum Gasteiger partial charge on any atom is 0.209 e. The third-order valence-corrected chi connectivity index (χ3v) is 4.79. The summed E-state index contributed by atoms with van der Waals surface area (Å²) in [6, 6.07) is 5.36. The SMILES string of the molecule is CN(C)c1ccc(S(=O)(=O)c2cc(F)c(F)c(F)c2F)cc1. The number of sulfone groups is 1. The lowest BCUT2D eigenvalue weighted by molar-refractivity contribution is 0.396. The van der Waals surface area contributed by atoms with Crippen LogP contribution in [0, 0.1) is 23.3 Å². The molecule has 0 bridgehead atoms. The van der Waals surface area contributed by atoms with E-state index in [2.05, 4.69) is 0 Å². The van der Waals surface area contributed by atoms with Crippen molar-refractivity contribution in [3.05, 3.63) is 53.6 Å². The summed E-state index contributed by atoms with van der Waals surface area (Å²) in [5, 5.41) is 0. The average molecular weight is 333 g/mol. The normalized spacial score (nSPS) is 11.5. The molecule has 8 heteroatoms. The van der Waals surface area contributed by atoms with Crippen LogP contribution in [0.2, 0.25) is 0 Å². The van der Waals surface area contributed by atoms with Crippen molar-refractivity contribution >= 4 is 15.5 Å². The van der Waals surface area contributed by atoms with Crippen molar-refractivity contribution in [2.45, 2.75) is 9.79 Å². The van der Waals surface area contributed by atoms with Gasteiger partial charge < -0.3 is 4.90 Å². The van der Waals surface area contributed by atoms with Crippen LogP contribution in [0.4, 0.5) is 23.2 Å². The molecule has 0 heterocycles. The Morgan fingerprint density at radius 3 is 1.91 bits per heavy atom. The first kappa shape index (κ1) is 16.3. The molecule has 0 amide bonds. The second-order valence-corrected chi connectivity index (χ2v) is 6.61. The second-order valence-electron chi connectivity index (χ2n) is 4.69. The molecule has 0 spiro atoms. The fourth-order valence-corrected chi connectivity index (χ4v) is 3.13. The van der Waals surface area contributed by atoms with Crippen molar-refractivity contribution in [2.24, 2.45) is 0 Å². The van der Waals surface area contributed by atoms with Gasteiger partial charge in [-0.05, 0) is 30.3 Å². The first-order chi connectivity index (χ1) is 10.2. The number of hydrogen-bond acceptors (Lipinski definition) is 3. The van der Waals surface area contributed by atoms with E-state index in [1.54, 1.807) is 19.0 Å². The van der Waals surface area contributed by atoms with E-state index in [1.165, 1.54) is 24.3 Å². The fraction of sp³-hybridized carbons (Fsp3) is 0.143. The molecule has 0 atom stereocenters. The quantitative estimate of drug-likeness (QED) is 0.375. The molecule has 0 aliphatic rings. The molecular weight excluding hydrogens is 322 g/mol. The number of hydrogen-bond donors (Lipinski definition) is 0. The third-order valence-electron chi connectivity index (χ3n) is 3.02. The van der Waals surface area contributed by atoms with Crippen LogP contribution in [0.1, 0.15) is 0 Å². The third kappa shape index (κ3) is 2.66. The molecule has 0 aliphatic carbocycles. The maximum absolute atomic E-state index is 13.7. The minimum absolute atomic E-state index is 0.128. The number of rotatable bonds is 3. The maximum atomic E-state index is 13.7. The molecule has 2 rings (SSSR count). The Morgan fingerprint density at radius 1 is 0.864 bits per heavy atom. The van der Waals surface area contributed by atoms with Gasteiger partial charge >= 0.3 is 0 Å². The molecule has 0 unspecified atom stereocenters. The van der Waals surface area contributed by atoms with Crippen LogP contribution in [0.25, 0.3) is 0 Å². The van der Waals surface area contributed by atoms with Gasteiger partial charge in [-0.1, -0.05) is 0 Å². The van der Waals surface area contributed by atoms with Gasteiger partial charge in [0.05, 0.1) is 4.90 Å². The molecule has 0 aliphatic heterocycles. The summed E-state index contributed by atoms with van der Waals surface area (Å²) >= 11 is 0. The fourth-order valence-electron chi connectivity index (χ4n) is 1.80. The lowest BCUT2D eigenvalue weighted by atomic mass is 10.3. The number of anilines is 1. The average Bonchev–Trinajstić information content (AvgIpc) is 2.48. The molecule has 22 heavy (non-hydrogen) atoms. The Morgan fingerprint density at radius 2 is 1.41 bits per heavy atom. The Balaban J connectivity index is 2.61. The summed E-state index contributed by atoms with van der Waals surface area (Å²) < 4.78 is 77.5. The first-order valence-electron chi connectivity index (χ1n) is 6.01. The molecule has 118 valence electrons. The van der Waals surface area contributed by atoms with Gasteiger partial charge in [0.15, 0.2) is 23.3 Å². The highest BCUT2D eigenvalue weighted by atomic mass is 32.2. The summed E-state index contributed by atoms with van der Waals surface area (Å²) in [7, 11) is -1.05. The smallest absolute Gasteiger partial charge is 0.209 e. The Labute approximate surface area is 124 Å². The number of halogens is 4. The van der Waals surface area contributed by atoms with Crippen LogP contribution in [-0.4, -0.2) is 22.5 Å². The van der Waals surface area contributed by atoms with Gasteiger partial charge in [0.25, 0.3) is 0 Å². The first-order valence-corrected chi connectivity index (χ1v) is 7.50. The van der Waals surface area contributed by atoms with E-state index in [-0.39, 0.29) is 11.0 Å². The van der Waals surface area contributed by atoms with Gasteiger partial charge in [-0.2, -0.15) is 0 Å². The Bertz CT molecular complexity index is 818. The highest BCUT2D eigenvalue weighted by Gasteiger charge is 2.28. The zero-order chi connectivity index (χ0) is 16.7. The van der Waals surface area contributed by atoms with Gasteiger partial charge in [0.2, 0.25) is 9.84 Å². The molecule has 0 saturated carbocycles. The van der Waals surface area contributed by atoms with Gasteiger partial charge in [-0.3, -0.25) is 0 Å². The Hall–Kier alpha value is -2.09. The van der Waals surface area contributed by atoms with Gasteiger partial charge in [0.1, 0.15) is 4.90 Å². The number of nitrogens with zero attached hydrogens (tertiary/aromatic N) is 1. The minimum Gasteiger partial charge on any atom is -0.378 e. The van der Waals surface area contributed by atoms with E-state index in [0.29, 0.717) is 5.69 Å². The standard InChI is InChI=1S/C14H11F4NO2S/c1-19(2)8-3-5-9(6-4-8)22(20,21)11-7-10(15)12(16)14(18)13(11)17/h3-7H,1-2H3. The summed E-state index contributed by atoms with van der Waals surface area (Å²) in [6.07, 6.45) is 0. The minimum atomic E-state index is -4.51. The van der Waals surface area contributed by atoms with Crippen LogP contribution in [0.3, 0.4) is 0 Å². The molecule has 0 aromatic heterocycles. The van der Waals surface area contributed by atoms with Crippen LogP contribution in [-0.2, 0) is 9.84 Å². The molecule has 0 N–H and O–H groups in total. The van der Waals surface area contributed by atoms with Crippen molar-refractivity contribution in [3.63, 3.8) is 0 Å². The van der Waals surface area contributed by atoms with E-state index in [0.717, 1.165) is 0 Å². The number of benzene rings is 2. The molecule has 0 fully saturated rings. The lowest BCUT2D eigenvalue weighted by Crippen LogP contribution is -2.11. The molecular formula is C14H11F4NO2S. The van der Waals surface area contributed by atoms with E-state index >= 15 is 0 Å². The molecule has 0 saturated heterocycles. The molecule has 2 aromatic carbocycles. The summed E-state index contributed by atoms with van der Waals surface area (Å²) in [4.78, 5) is 0.0951. The van der Waals surface area contributed by atoms with Crippen LogP contribution >= 0.6 is 0 Å². The lowest BCUT2D eigenvalue weighted by Gasteiger charge is -2.13. The van der Waals surface area contributed by atoms with Crippen LogP contribution < -0.4 is 4.90 Å². The van der Waals surface area contributed by atoms with Crippen LogP contribution in [0.15, 0.2) is 40.1 Å². The zero-order valence-corrected chi connectivity index (χ0v) is 12.4. The summed E-state index contributed by atoms with van der Waals surface area (Å²) in [5.74, 6) is -7.94. The van der Waals surface area contributed by atoms with E-state index in [1.807, 2.05) is 0 Å². The van der Waals surface area contributed by atoms with Gasteiger partial charge in [-0.15, -0.1) is 0 Å². The topological polar surface area (TPSA) is 37.4 Å². The van der Waals surface area contributed by atoms with Crippen molar-refractivity contribution in [3.8, 4) is 0 Å². The second kappa shape index (κ2) is 5.60. The van der Waals surface area contributed by atoms with E-state index < -0.39 is 38.0 Å². The summed E-state index contributed by atoms with van der Waals surface area (Å²) in [5.41, 5.74) is 0.677. The Kier molecular flexibility index (Phi) is 4.15. The summed E-state index contributed by atoms with van der Waals surface area (Å²) in [6.45, 7) is 0. The largest absolute Gasteiger partial charge is 0.378 e. The highest BCUT2D eigenvalue weighted by Crippen LogP contribution is 2.28. The predicted molar refractivity (Wildman–Crippen MR) is 72.5 cm³/mol. The van der Waals surface area contributed by atoms with Crippen molar-refractivity contribution in [1.82, 2.24) is 0 Å². The van der Waals surface area contributed by atoms with Gasteiger partial charge in [0, 0.05) is 19.8 Å². The molecule has 2 aromatic rings. The van der Waals surface area contributed by atoms with Crippen LogP contribution in [0.5, 0.6) is 0 Å².